The highest BCUT2D eigenvalue weighted by Gasteiger charge is 2.71. The number of hydrogen-bond acceptors (Lipinski definition) is 5. The topological polar surface area (TPSA) is 90.4 Å². The van der Waals surface area contributed by atoms with Crippen molar-refractivity contribution < 1.29 is 24.2 Å². The quantitative estimate of drug-likeness (QED) is 0.495. The molecular weight excluding hydrogens is 518 g/mol. The molecule has 0 aromatic heterocycles. The number of amides is 3. The van der Waals surface area contributed by atoms with Gasteiger partial charge in [-0.1, -0.05) is 85.0 Å². The zero-order valence-corrected chi connectivity index (χ0v) is 22.5. The molecule has 4 aliphatic heterocycles. The summed E-state index contributed by atoms with van der Waals surface area (Å²) < 4.78 is 6.67. The summed E-state index contributed by atoms with van der Waals surface area (Å²) in [6, 6.07) is 22.5. The van der Waals surface area contributed by atoms with Gasteiger partial charge in [0.1, 0.15) is 11.6 Å². The van der Waals surface area contributed by atoms with E-state index in [0.717, 1.165) is 16.3 Å². The summed E-state index contributed by atoms with van der Waals surface area (Å²) in [6.45, 7) is 0.791. The highest BCUT2D eigenvalue weighted by atomic mass is 16.5. The number of anilines is 1. The lowest BCUT2D eigenvalue weighted by Crippen LogP contribution is -2.55. The maximum atomic E-state index is 14.4. The van der Waals surface area contributed by atoms with E-state index in [1.807, 2.05) is 97.1 Å². The third-order valence-corrected chi connectivity index (χ3v) is 8.84. The molecule has 3 amide bonds. The van der Waals surface area contributed by atoms with E-state index >= 15 is 0 Å². The Morgan fingerprint density at radius 1 is 0.854 bits per heavy atom. The predicted octanol–water partition coefficient (Wildman–Crippen LogP) is 2.91. The van der Waals surface area contributed by atoms with Crippen molar-refractivity contribution in [3.8, 4) is 0 Å². The van der Waals surface area contributed by atoms with Gasteiger partial charge in [0.2, 0.25) is 11.8 Å². The van der Waals surface area contributed by atoms with Gasteiger partial charge in [-0.15, -0.1) is 0 Å². The third-order valence-electron chi connectivity index (χ3n) is 8.84. The van der Waals surface area contributed by atoms with E-state index in [9.17, 15) is 19.5 Å². The molecule has 3 aromatic rings. The summed E-state index contributed by atoms with van der Waals surface area (Å²) in [5.41, 5.74) is 0.391. The van der Waals surface area contributed by atoms with Crippen molar-refractivity contribution >= 4 is 34.2 Å². The van der Waals surface area contributed by atoms with Crippen molar-refractivity contribution in [2.24, 2.45) is 11.8 Å². The van der Waals surface area contributed by atoms with Crippen LogP contribution >= 0.6 is 0 Å². The van der Waals surface area contributed by atoms with Gasteiger partial charge in [0.05, 0.1) is 24.5 Å². The van der Waals surface area contributed by atoms with Crippen molar-refractivity contribution in [1.29, 1.82) is 0 Å². The lowest BCUT2D eigenvalue weighted by Gasteiger charge is -2.35. The van der Waals surface area contributed by atoms with Crippen molar-refractivity contribution in [1.82, 2.24) is 9.80 Å². The van der Waals surface area contributed by atoms with Crippen molar-refractivity contribution in [3.05, 3.63) is 103 Å². The Hall–Kier alpha value is -4.27. The number of likely N-dealkylation sites (tertiary alicyclic amines) is 1. The standard InChI is InChI=1S/C33H31N3O5/c37-19-18-36-29-32(40)35(25-14-13-23-10-4-5-11-24(23)20-25)17-7-15-33(29)28(31(36)39)27-26(41-33)12-6-16-34(30(27)38)21-22-8-2-1-3-9-22/h1-15,20,26-29,37H,16-19,21H2/t26-,27+,28+,29?,33+/m1/s1. The lowest BCUT2D eigenvalue weighted by molar-refractivity contribution is -0.145. The minimum absolute atomic E-state index is 0.0224. The van der Waals surface area contributed by atoms with E-state index in [0.29, 0.717) is 25.3 Å². The number of rotatable bonds is 5. The van der Waals surface area contributed by atoms with E-state index in [-0.39, 0.29) is 30.9 Å². The molecule has 2 saturated heterocycles. The van der Waals surface area contributed by atoms with Crippen LogP contribution in [0.1, 0.15) is 5.56 Å². The van der Waals surface area contributed by atoms with Crippen LogP contribution in [0.25, 0.3) is 10.8 Å². The summed E-state index contributed by atoms with van der Waals surface area (Å²) in [4.78, 5) is 47.5. The van der Waals surface area contributed by atoms with Crippen LogP contribution in [0.4, 0.5) is 5.69 Å². The highest BCUT2D eigenvalue weighted by Crippen LogP contribution is 2.53. The second-order valence-corrected chi connectivity index (χ2v) is 11.1. The molecule has 3 aromatic carbocycles. The van der Waals surface area contributed by atoms with Crippen LogP contribution in [0.2, 0.25) is 0 Å². The van der Waals surface area contributed by atoms with Gasteiger partial charge in [-0.05, 0) is 28.5 Å². The average molecular weight is 550 g/mol. The second-order valence-electron chi connectivity index (χ2n) is 11.1. The summed E-state index contributed by atoms with van der Waals surface area (Å²) in [5, 5.41) is 12.0. The summed E-state index contributed by atoms with van der Waals surface area (Å²) >= 11 is 0. The Morgan fingerprint density at radius 2 is 1.63 bits per heavy atom. The number of hydrogen-bond donors (Lipinski definition) is 1. The number of carbonyl (C=O) groups is 3. The minimum Gasteiger partial charge on any atom is -0.395 e. The number of carbonyl (C=O) groups excluding carboxylic acids is 3. The van der Waals surface area contributed by atoms with E-state index in [2.05, 4.69) is 0 Å². The number of nitrogens with zero attached hydrogens (tertiary/aromatic N) is 3. The molecule has 8 nitrogen and oxygen atoms in total. The summed E-state index contributed by atoms with van der Waals surface area (Å²) in [7, 11) is 0. The Labute approximate surface area is 238 Å². The molecule has 0 radical (unpaired) electrons. The van der Waals surface area contributed by atoms with Crippen LogP contribution in [0.15, 0.2) is 97.1 Å². The molecule has 208 valence electrons. The first kappa shape index (κ1) is 25.7. The van der Waals surface area contributed by atoms with Crippen LogP contribution < -0.4 is 4.90 Å². The number of ether oxygens (including phenoxy) is 1. The summed E-state index contributed by atoms with van der Waals surface area (Å²) in [6.07, 6.45) is 6.84. The number of aliphatic hydroxyl groups excluding tert-OH is 1. The van der Waals surface area contributed by atoms with Gasteiger partial charge in [-0.2, -0.15) is 0 Å². The van der Waals surface area contributed by atoms with Crippen LogP contribution in [-0.2, 0) is 25.7 Å². The summed E-state index contributed by atoms with van der Waals surface area (Å²) in [5.74, 6) is -2.45. The molecule has 0 bridgehead atoms. The van der Waals surface area contributed by atoms with Crippen molar-refractivity contribution in [2.45, 2.75) is 24.3 Å². The van der Waals surface area contributed by atoms with Crippen LogP contribution in [0, 0.1) is 11.8 Å². The van der Waals surface area contributed by atoms with E-state index in [4.69, 9.17) is 4.74 Å². The SMILES string of the molecule is O=C1[C@@H]2[C@H]3C(=O)N(CCO)C4C(=O)N(c5ccc6ccccc6c5)CC=C[C@@]43O[C@@H]2C=CCN1Cc1ccccc1. The third kappa shape index (κ3) is 4.01. The van der Waals surface area contributed by atoms with Gasteiger partial charge in [0.15, 0.2) is 0 Å². The number of fused-ring (bicyclic) bond motifs is 3. The Bertz CT molecular complexity index is 1590. The normalized spacial score (nSPS) is 29.0. The molecule has 5 atom stereocenters. The maximum Gasteiger partial charge on any atom is 0.253 e. The Morgan fingerprint density at radius 3 is 2.44 bits per heavy atom. The molecule has 8 heteroatoms. The number of benzene rings is 3. The molecule has 41 heavy (non-hydrogen) atoms. The first-order valence-corrected chi connectivity index (χ1v) is 14.1. The molecule has 0 aliphatic carbocycles. The zero-order valence-electron chi connectivity index (χ0n) is 22.5. The van der Waals surface area contributed by atoms with E-state index < -0.39 is 29.6 Å². The van der Waals surface area contributed by atoms with Crippen LogP contribution in [-0.4, -0.2) is 76.6 Å². The Kier molecular flexibility index (Phi) is 6.25. The van der Waals surface area contributed by atoms with Gasteiger partial charge < -0.3 is 24.5 Å². The van der Waals surface area contributed by atoms with Gasteiger partial charge in [0.25, 0.3) is 5.91 Å². The van der Waals surface area contributed by atoms with E-state index in [1.54, 1.807) is 9.80 Å². The second kappa shape index (κ2) is 9.98. The molecule has 1 N–H and O–H groups in total. The minimum atomic E-state index is -1.32. The van der Waals surface area contributed by atoms with Gasteiger partial charge in [0, 0.05) is 31.9 Å². The van der Waals surface area contributed by atoms with Crippen molar-refractivity contribution in [3.63, 3.8) is 0 Å². The van der Waals surface area contributed by atoms with Crippen LogP contribution in [0.5, 0.6) is 0 Å². The molecule has 1 unspecified atom stereocenters. The van der Waals surface area contributed by atoms with E-state index in [1.165, 1.54) is 4.90 Å². The first-order valence-electron chi connectivity index (χ1n) is 14.1. The molecule has 4 heterocycles. The van der Waals surface area contributed by atoms with Crippen LogP contribution in [0.3, 0.4) is 0 Å². The van der Waals surface area contributed by atoms with Gasteiger partial charge in [-0.3, -0.25) is 14.4 Å². The monoisotopic (exact) mass is 549 g/mol. The number of β-amino-alcohol motifs (C(OH)–C–C–N with tert-alkyl or cyclic N) is 1. The highest BCUT2D eigenvalue weighted by molar-refractivity contribution is 6.06. The largest absolute Gasteiger partial charge is 0.395 e. The Balaban J connectivity index is 1.27. The average Bonchev–Trinajstić information content (AvgIpc) is 3.30. The smallest absolute Gasteiger partial charge is 0.253 e. The van der Waals surface area contributed by atoms with Gasteiger partial charge in [-0.25, -0.2) is 0 Å². The lowest BCUT2D eigenvalue weighted by atomic mass is 9.77. The fourth-order valence-corrected chi connectivity index (χ4v) is 7.06. The van der Waals surface area contributed by atoms with Gasteiger partial charge >= 0.3 is 0 Å². The predicted molar refractivity (Wildman–Crippen MR) is 154 cm³/mol. The fourth-order valence-electron chi connectivity index (χ4n) is 7.06. The molecule has 4 aliphatic rings. The molecule has 7 rings (SSSR count). The molecule has 0 saturated carbocycles. The fraction of sp³-hybridized carbons (Fsp3) is 0.303. The maximum absolute atomic E-state index is 14.4. The van der Waals surface area contributed by atoms with Crippen molar-refractivity contribution in [2.75, 3.05) is 31.1 Å². The molecule has 2 fully saturated rings. The zero-order chi connectivity index (χ0) is 28.1. The molecule has 1 spiro atoms. The number of aliphatic hydroxyl groups is 1. The first-order chi connectivity index (χ1) is 20.0. The molecular formula is C33H31N3O5.